The number of aromatic nitrogens is 3. The number of rotatable bonds is 5. The molecule has 2 atom stereocenters. The van der Waals surface area contributed by atoms with Crippen molar-refractivity contribution in [1.29, 1.82) is 0 Å². The highest BCUT2D eigenvalue weighted by atomic mass is 127. The number of fused-ring (bicyclic) bond motifs is 1. The first-order valence-electron chi connectivity index (χ1n) is 9.21. The predicted octanol–water partition coefficient (Wildman–Crippen LogP) is 2.55. The van der Waals surface area contributed by atoms with Crippen molar-refractivity contribution in [2.45, 2.75) is 52.5 Å². The fourth-order valence-electron chi connectivity index (χ4n) is 4.01. The lowest BCUT2D eigenvalue weighted by Crippen LogP contribution is -2.40. The molecule has 1 aromatic heterocycles. The van der Waals surface area contributed by atoms with E-state index < -0.39 is 0 Å². The maximum Gasteiger partial charge on any atom is 0.193 e. The molecule has 1 saturated heterocycles. The molecule has 2 unspecified atom stereocenters. The molecule has 1 saturated carbocycles. The molecule has 2 fully saturated rings. The van der Waals surface area contributed by atoms with Crippen molar-refractivity contribution in [1.82, 2.24) is 25.0 Å². The molecule has 3 rings (SSSR count). The number of halogens is 1. The van der Waals surface area contributed by atoms with Crippen molar-refractivity contribution >= 4 is 29.9 Å². The topological polar surface area (TPSA) is 58.3 Å². The minimum Gasteiger partial charge on any atom is -0.357 e. The van der Waals surface area contributed by atoms with E-state index in [1.165, 1.54) is 38.8 Å². The fraction of sp³-hybridized carbons (Fsp3) is 0.824. The number of hydrogen-bond acceptors (Lipinski definition) is 3. The molecular weight excluding hydrogens is 415 g/mol. The van der Waals surface area contributed by atoms with E-state index in [1.807, 2.05) is 6.33 Å². The van der Waals surface area contributed by atoms with Gasteiger partial charge >= 0.3 is 0 Å². The zero-order chi connectivity index (χ0) is 16.1. The third kappa shape index (κ3) is 4.61. The third-order valence-corrected chi connectivity index (χ3v) is 5.23. The summed E-state index contributed by atoms with van der Waals surface area (Å²) < 4.78 is 2.11. The van der Waals surface area contributed by atoms with Crippen LogP contribution in [0.2, 0.25) is 0 Å². The molecule has 0 bridgehead atoms. The second-order valence-electron chi connectivity index (χ2n) is 6.74. The Kier molecular flexibility index (Phi) is 7.77. The van der Waals surface area contributed by atoms with Crippen molar-refractivity contribution in [2.75, 3.05) is 26.2 Å². The third-order valence-electron chi connectivity index (χ3n) is 5.23. The average molecular weight is 446 g/mol. The van der Waals surface area contributed by atoms with Gasteiger partial charge in [0.15, 0.2) is 5.96 Å². The van der Waals surface area contributed by atoms with Gasteiger partial charge in [0.05, 0.1) is 6.54 Å². The van der Waals surface area contributed by atoms with E-state index in [0.29, 0.717) is 0 Å². The number of hydrogen-bond donors (Lipinski definition) is 1. The summed E-state index contributed by atoms with van der Waals surface area (Å²) in [5.41, 5.74) is 0. The Labute approximate surface area is 162 Å². The summed E-state index contributed by atoms with van der Waals surface area (Å²) in [7, 11) is 0. The molecule has 1 aliphatic heterocycles. The molecule has 2 aliphatic rings. The standard InChI is InChI=1S/C17H30N6.HI/c1-3-16-21-20-13-22(16)10-9-19-17(18-4-2)23-11-14-7-5-6-8-15(14)12-23;/h13-15H,3-12H2,1-2H3,(H,18,19);1H. The molecule has 0 amide bonds. The van der Waals surface area contributed by atoms with Gasteiger partial charge in [-0.15, -0.1) is 34.2 Å². The van der Waals surface area contributed by atoms with E-state index in [0.717, 1.165) is 49.7 Å². The van der Waals surface area contributed by atoms with E-state index in [2.05, 4.69) is 38.8 Å². The summed E-state index contributed by atoms with van der Waals surface area (Å²) in [6, 6.07) is 0. The van der Waals surface area contributed by atoms with Gasteiger partial charge in [-0.25, -0.2) is 0 Å². The number of likely N-dealkylation sites (tertiary alicyclic amines) is 1. The van der Waals surface area contributed by atoms with Gasteiger partial charge in [0, 0.05) is 32.6 Å². The van der Waals surface area contributed by atoms with E-state index in [9.17, 15) is 0 Å². The van der Waals surface area contributed by atoms with Gasteiger partial charge in [0.25, 0.3) is 0 Å². The largest absolute Gasteiger partial charge is 0.357 e. The number of guanidine groups is 1. The van der Waals surface area contributed by atoms with Gasteiger partial charge in [-0.2, -0.15) is 0 Å². The summed E-state index contributed by atoms with van der Waals surface area (Å²) in [5, 5.41) is 11.6. The molecule has 0 spiro atoms. The molecule has 1 aliphatic carbocycles. The molecule has 24 heavy (non-hydrogen) atoms. The van der Waals surface area contributed by atoms with Crippen LogP contribution in [0, 0.1) is 11.8 Å². The maximum atomic E-state index is 4.86. The number of aryl methyl sites for hydroxylation is 1. The van der Waals surface area contributed by atoms with E-state index in [-0.39, 0.29) is 24.0 Å². The number of nitrogens with zero attached hydrogens (tertiary/aromatic N) is 5. The zero-order valence-electron chi connectivity index (χ0n) is 14.9. The van der Waals surface area contributed by atoms with E-state index >= 15 is 0 Å². The van der Waals surface area contributed by atoms with Crippen LogP contribution >= 0.6 is 24.0 Å². The maximum absolute atomic E-state index is 4.86. The molecule has 0 aromatic carbocycles. The van der Waals surface area contributed by atoms with Gasteiger partial charge in [-0.1, -0.05) is 19.8 Å². The first kappa shape index (κ1) is 19.5. The molecule has 2 heterocycles. The van der Waals surface area contributed by atoms with Crippen LogP contribution in [-0.2, 0) is 13.0 Å². The molecular formula is C17H31IN6. The van der Waals surface area contributed by atoms with E-state index in [1.54, 1.807) is 0 Å². The molecule has 7 heteroatoms. The van der Waals surface area contributed by atoms with Crippen molar-refractivity contribution in [2.24, 2.45) is 16.8 Å². The lowest BCUT2D eigenvalue weighted by Gasteiger charge is -2.22. The van der Waals surface area contributed by atoms with Crippen LogP contribution in [-0.4, -0.2) is 51.8 Å². The van der Waals surface area contributed by atoms with Crippen molar-refractivity contribution < 1.29 is 0 Å². The Hall–Kier alpha value is -0.860. The molecule has 6 nitrogen and oxygen atoms in total. The number of aliphatic imine (C=N–C) groups is 1. The van der Waals surface area contributed by atoms with Crippen LogP contribution in [0.25, 0.3) is 0 Å². The molecule has 1 N–H and O–H groups in total. The Morgan fingerprint density at radius 3 is 2.58 bits per heavy atom. The Balaban J connectivity index is 0.00000208. The molecule has 0 radical (unpaired) electrons. The van der Waals surface area contributed by atoms with Gasteiger partial charge in [0.1, 0.15) is 12.2 Å². The van der Waals surface area contributed by atoms with Crippen molar-refractivity contribution in [3.63, 3.8) is 0 Å². The monoisotopic (exact) mass is 446 g/mol. The second-order valence-corrected chi connectivity index (χ2v) is 6.74. The van der Waals surface area contributed by atoms with Crippen LogP contribution in [0.15, 0.2) is 11.3 Å². The van der Waals surface area contributed by atoms with Crippen molar-refractivity contribution in [3.8, 4) is 0 Å². The Morgan fingerprint density at radius 2 is 1.96 bits per heavy atom. The zero-order valence-corrected chi connectivity index (χ0v) is 17.3. The average Bonchev–Trinajstić information content (AvgIpc) is 3.20. The van der Waals surface area contributed by atoms with Gasteiger partial charge in [-0.3, -0.25) is 4.99 Å². The minimum absolute atomic E-state index is 0. The van der Waals surface area contributed by atoms with Crippen LogP contribution in [0.5, 0.6) is 0 Å². The summed E-state index contributed by atoms with van der Waals surface area (Å²) >= 11 is 0. The van der Waals surface area contributed by atoms with Gasteiger partial charge in [-0.05, 0) is 31.6 Å². The summed E-state index contributed by atoms with van der Waals surface area (Å²) in [5.74, 6) is 3.90. The summed E-state index contributed by atoms with van der Waals surface area (Å²) in [4.78, 5) is 7.34. The fourth-order valence-corrected chi connectivity index (χ4v) is 4.01. The highest BCUT2D eigenvalue weighted by Gasteiger charge is 2.35. The first-order valence-corrected chi connectivity index (χ1v) is 9.21. The van der Waals surface area contributed by atoms with Crippen LogP contribution in [0.4, 0.5) is 0 Å². The smallest absolute Gasteiger partial charge is 0.193 e. The van der Waals surface area contributed by atoms with Crippen LogP contribution in [0.3, 0.4) is 0 Å². The highest BCUT2D eigenvalue weighted by molar-refractivity contribution is 14.0. The predicted molar refractivity (Wildman–Crippen MR) is 108 cm³/mol. The summed E-state index contributed by atoms with van der Waals surface area (Å²) in [6.07, 6.45) is 8.36. The second kappa shape index (κ2) is 9.58. The normalized spacial score (nSPS) is 23.8. The quantitative estimate of drug-likeness (QED) is 0.429. The minimum atomic E-state index is 0. The lowest BCUT2D eigenvalue weighted by atomic mass is 9.82. The van der Waals surface area contributed by atoms with E-state index in [4.69, 9.17) is 4.99 Å². The lowest BCUT2D eigenvalue weighted by molar-refractivity contribution is 0.299. The van der Waals surface area contributed by atoms with Gasteiger partial charge in [0.2, 0.25) is 0 Å². The van der Waals surface area contributed by atoms with Crippen LogP contribution in [0.1, 0.15) is 45.4 Å². The van der Waals surface area contributed by atoms with Crippen LogP contribution < -0.4 is 5.32 Å². The highest BCUT2D eigenvalue weighted by Crippen LogP contribution is 2.35. The Morgan fingerprint density at radius 1 is 1.25 bits per heavy atom. The molecule has 1 aromatic rings. The first-order chi connectivity index (χ1) is 11.3. The van der Waals surface area contributed by atoms with Gasteiger partial charge < -0.3 is 14.8 Å². The molecule has 136 valence electrons. The SMILES string of the molecule is CCNC(=NCCn1cnnc1CC)N1CC2CCCCC2C1.I. The Bertz CT molecular complexity index is 515. The number of nitrogens with one attached hydrogen (secondary N) is 1. The van der Waals surface area contributed by atoms with Crippen molar-refractivity contribution in [3.05, 3.63) is 12.2 Å². The summed E-state index contributed by atoms with van der Waals surface area (Å²) in [6.45, 7) is 9.18.